The van der Waals surface area contributed by atoms with Crippen LogP contribution >= 0.6 is 11.3 Å². The minimum Gasteiger partial charge on any atom is -0.321 e. The summed E-state index contributed by atoms with van der Waals surface area (Å²) in [6.07, 6.45) is 9.58. The third kappa shape index (κ3) is 2.82. The van der Waals surface area contributed by atoms with Gasteiger partial charge in [0.1, 0.15) is 4.83 Å². The molecule has 124 valence electrons. The first-order chi connectivity index (χ1) is 11.7. The Bertz CT molecular complexity index is 862. The number of nitrogens with zero attached hydrogens (tertiary/aromatic N) is 3. The largest absolute Gasteiger partial charge is 0.321 e. The molecular formula is C18H20N4OS. The van der Waals surface area contributed by atoms with Crippen molar-refractivity contribution < 1.29 is 4.79 Å². The molecule has 0 aliphatic heterocycles. The molecule has 0 unspecified atom stereocenters. The van der Waals surface area contributed by atoms with E-state index in [4.69, 9.17) is 5.10 Å². The highest BCUT2D eigenvalue weighted by molar-refractivity contribution is 7.20. The van der Waals surface area contributed by atoms with Gasteiger partial charge in [-0.3, -0.25) is 14.5 Å². The molecule has 1 aliphatic carbocycles. The highest BCUT2D eigenvalue weighted by Gasteiger charge is 2.22. The number of nitrogens with one attached hydrogen (secondary N) is 1. The summed E-state index contributed by atoms with van der Waals surface area (Å²) in [5, 5.41) is 8.78. The van der Waals surface area contributed by atoms with Crippen molar-refractivity contribution in [3.05, 3.63) is 41.2 Å². The van der Waals surface area contributed by atoms with Crippen molar-refractivity contribution in [2.75, 3.05) is 5.32 Å². The third-order valence-electron chi connectivity index (χ3n) is 4.65. The topological polar surface area (TPSA) is 59.8 Å². The number of carbonyl (C=O) groups is 1. The summed E-state index contributed by atoms with van der Waals surface area (Å²) in [5.41, 5.74) is 1.77. The Morgan fingerprint density at radius 2 is 2.00 bits per heavy atom. The number of aromatic nitrogens is 3. The predicted molar refractivity (Wildman–Crippen MR) is 96.7 cm³/mol. The molecule has 5 nitrogen and oxygen atoms in total. The zero-order chi connectivity index (χ0) is 16.5. The van der Waals surface area contributed by atoms with E-state index in [1.165, 1.54) is 43.4 Å². The number of amides is 1. The van der Waals surface area contributed by atoms with E-state index in [1.54, 1.807) is 24.5 Å². The molecule has 0 bridgehead atoms. The zero-order valence-electron chi connectivity index (χ0n) is 13.7. The lowest BCUT2D eigenvalue weighted by molar-refractivity contribution is 0.103. The van der Waals surface area contributed by atoms with E-state index in [0.29, 0.717) is 6.04 Å². The van der Waals surface area contributed by atoms with Gasteiger partial charge >= 0.3 is 0 Å². The number of carbonyl (C=O) groups excluding carboxylic acids is 1. The summed E-state index contributed by atoms with van der Waals surface area (Å²) in [5.74, 6) is -0.0722. The maximum absolute atomic E-state index is 12.5. The van der Waals surface area contributed by atoms with Crippen LogP contribution in [0.4, 0.5) is 5.69 Å². The summed E-state index contributed by atoms with van der Waals surface area (Å²) in [6, 6.07) is 6.03. The molecule has 24 heavy (non-hydrogen) atoms. The summed E-state index contributed by atoms with van der Waals surface area (Å²) < 4.78 is 2.16. The molecular weight excluding hydrogens is 320 g/mol. The second-order valence-corrected chi connectivity index (χ2v) is 7.37. The Hall–Kier alpha value is -2.21. The molecule has 3 heterocycles. The van der Waals surface area contributed by atoms with Gasteiger partial charge in [0.25, 0.3) is 5.91 Å². The van der Waals surface area contributed by atoms with Crippen LogP contribution in [0.2, 0.25) is 0 Å². The number of rotatable bonds is 3. The van der Waals surface area contributed by atoms with Gasteiger partial charge in [-0.2, -0.15) is 5.10 Å². The summed E-state index contributed by atoms with van der Waals surface area (Å²) in [7, 11) is 0. The lowest BCUT2D eigenvalue weighted by Gasteiger charge is -2.22. The molecule has 1 N–H and O–H groups in total. The van der Waals surface area contributed by atoms with Crippen molar-refractivity contribution in [2.24, 2.45) is 0 Å². The van der Waals surface area contributed by atoms with E-state index in [2.05, 4.69) is 15.0 Å². The Balaban J connectivity index is 1.64. The number of pyridine rings is 1. The quantitative estimate of drug-likeness (QED) is 0.760. The molecule has 1 saturated carbocycles. The second kappa shape index (κ2) is 6.36. The zero-order valence-corrected chi connectivity index (χ0v) is 14.5. The fourth-order valence-corrected chi connectivity index (χ4v) is 4.51. The first-order valence-corrected chi connectivity index (χ1v) is 9.24. The van der Waals surface area contributed by atoms with Gasteiger partial charge in [0.15, 0.2) is 0 Å². The van der Waals surface area contributed by atoms with Gasteiger partial charge in [0, 0.05) is 23.5 Å². The van der Waals surface area contributed by atoms with Crippen molar-refractivity contribution in [1.82, 2.24) is 14.8 Å². The van der Waals surface area contributed by atoms with Gasteiger partial charge in [-0.05, 0) is 38.0 Å². The predicted octanol–water partition coefficient (Wildman–Crippen LogP) is 4.56. The van der Waals surface area contributed by atoms with Crippen molar-refractivity contribution in [3.63, 3.8) is 0 Å². The number of thiophene rings is 1. The van der Waals surface area contributed by atoms with Crippen LogP contribution in [-0.2, 0) is 0 Å². The highest BCUT2D eigenvalue weighted by Crippen LogP contribution is 2.35. The molecule has 3 aromatic rings. The molecule has 0 aromatic carbocycles. The number of fused-ring (bicyclic) bond motifs is 1. The summed E-state index contributed by atoms with van der Waals surface area (Å²) in [4.78, 5) is 18.3. The molecule has 0 atom stereocenters. The van der Waals surface area contributed by atoms with E-state index in [9.17, 15) is 4.79 Å². The number of aryl methyl sites for hydroxylation is 1. The minimum atomic E-state index is -0.0722. The second-order valence-electron chi connectivity index (χ2n) is 6.34. The van der Waals surface area contributed by atoms with Crippen LogP contribution in [0.3, 0.4) is 0 Å². The van der Waals surface area contributed by atoms with Gasteiger partial charge in [-0.1, -0.05) is 19.3 Å². The standard InChI is InChI=1S/C18H20N4OS/c1-12-15-11-16(17(23)20-13-7-9-19-10-8-13)24-18(15)22(21-12)14-5-3-2-4-6-14/h7-11,14H,2-6H2,1H3,(H,19,20,23). The van der Waals surface area contributed by atoms with Crippen molar-refractivity contribution in [1.29, 1.82) is 0 Å². The SMILES string of the molecule is Cc1nn(C2CCCCC2)c2sc(C(=O)Nc3ccncc3)cc12. The maximum Gasteiger partial charge on any atom is 0.265 e. The molecule has 0 spiro atoms. The van der Waals surface area contributed by atoms with Crippen LogP contribution in [0.1, 0.15) is 53.5 Å². The Morgan fingerprint density at radius 3 is 2.75 bits per heavy atom. The van der Waals surface area contributed by atoms with Crippen LogP contribution in [0.25, 0.3) is 10.2 Å². The van der Waals surface area contributed by atoms with Gasteiger partial charge < -0.3 is 5.32 Å². The third-order valence-corrected chi connectivity index (χ3v) is 5.77. The smallest absolute Gasteiger partial charge is 0.265 e. The van der Waals surface area contributed by atoms with E-state index >= 15 is 0 Å². The van der Waals surface area contributed by atoms with Gasteiger partial charge in [0.05, 0.1) is 16.6 Å². The average Bonchev–Trinajstić information content (AvgIpc) is 3.18. The van der Waals surface area contributed by atoms with Crippen LogP contribution < -0.4 is 5.32 Å². The van der Waals surface area contributed by atoms with E-state index in [-0.39, 0.29) is 5.91 Å². The first kappa shape index (κ1) is 15.3. The number of hydrogen-bond donors (Lipinski definition) is 1. The van der Waals surface area contributed by atoms with Crippen LogP contribution in [0.15, 0.2) is 30.6 Å². The average molecular weight is 340 g/mol. The highest BCUT2D eigenvalue weighted by atomic mass is 32.1. The summed E-state index contributed by atoms with van der Waals surface area (Å²) >= 11 is 1.54. The van der Waals surface area contributed by atoms with E-state index in [1.807, 2.05) is 13.0 Å². The minimum absolute atomic E-state index is 0.0722. The lowest BCUT2D eigenvalue weighted by Crippen LogP contribution is -2.14. The maximum atomic E-state index is 12.5. The van der Waals surface area contributed by atoms with E-state index < -0.39 is 0 Å². The number of hydrogen-bond acceptors (Lipinski definition) is 4. The monoisotopic (exact) mass is 340 g/mol. The van der Waals surface area contributed by atoms with Gasteiger partial charge in [-0.15, -0.1) is 11.3 Å². The summed E-state index contributed by atoms with van der Waals surface area (Å²) in [6.45, 7) is 2.03. The van der Waals surface area contributed by atoms with Gasteiger partial charge in [-0.25, -0.2) is 0 Å². The Morgan fingerprint density at radius 1 is 1.25 bits per heavy atom. The fourth-order valence-electron chi connectivity index (χ4n) is 3.38. The van der Waals surface area contributed by atoms with Crippen LogP contribution in [-0.4, -0.2) is 20.7 Å². The molecule has 0 saturated heterocycles. The van der Waals surface area contributed by atoms with Crippen LogP contribution in [0.5, 0.6) is 0 Å². The molecule has 1 fully saturated rings. The van der Waals surface area contributed by atoms with Crippen molar-refractivity contribution in [2.45, 2.75) is 45.1 Å². The van der Waals surface area contributed by atoms with Gasteiger partial charge in [0.2, 0.25) is 0 Å². The van der Waals surface area contributed by atoms with E-state index in [0.717, 1.165) is 26.5 Å². The van der Waals surface area contributed by atoms with Crippen molar-refractivity contribution in [3.8, 4) is 0 Å². The Labute approximate surface area is 144 Å². The Kier molecular flexibility index (Phi) is 4.06. The normalized spacial score (nSPS) is 15.7. The fraction of sp³-hybridized carbons (Fsp3) is 0.389. The first-order valence-electron chi connectivity index (χ1n) is 8.42. The number of anilines is 1. The molecule has 4 rings (SSSR count). The van der Waals surface area contributed by atoms with Crippen molar-refractivity contribution >= 4 is 33.1 Å². The van der Waals surface area contributed by atoms with Crippen LogP contribution in [0, 0.1) is 6.92 Å². The molecule has 1 amide bonds. The lowest BCUT2D eigenvalue weighted by atomic mass is 9.96. The molecule has 3 aromatic heterocycles. The molecule has 1 aliphatic rings. The molecule has 6 heteroatoms. The molecule has 0 radical (unpaired) electrons.